The summed E-state index contributed by atoms with van der Waals surface area (Å²) in [6.45, 7) is 4.53. The molecule has 2 nitrogen and oxygen atoms in total. The van der Waals surface area contributed by atoms with Crippen molar-refractivity contribution < 1.29 is 0 Å². The molecule has 2 N–H and O–H groups in total. The molecule has 0 saturated heterocycles. The first-order valence-electron chi connectivity index (χ1n) is 6.28. The van der Waals surface area contributed by atoms with Crippen molar-refractivity contribution in [3.8, 4) is 0 Å². The lowest BCUT2D eigenvalue weighted by molar-refractivity contribution is 0.507. The third kappa shape index (κ3) is 1.82. The molecule has 1 atom stereocenters. The number of nitrogens with two attached hydrogens (primary N) is 1. The Balaban J connectivity index is 1.88. The van der Waals surface area contributed by atoms with Gasteiger partial charge in [-0.05, 0) is 36.8 Å². The van der Waals surface area contributed by atoms with Crippen LogP contribution in [0.1, 0.15) is 25.3 Å². The van der Waals surface area contributed by atoms with E-state index in [1.807, 2.05) is 0 Å². The van der Waals surface area contributed by atoms with Crippen molar-refractivity contribution in [2.24, 2.45) is 11.7 Å². The molecule has 2 heteroatoms. The van der Waals surface area contributed by atoms with Gasteiger partial charge in [-0.15, -0.1) is 0 Å². The molecule has 1 aromatic carbocycles. The third-order valence-electron chi connectivity index (χ3n) is 3.83. The van der Waals surface area contributed by atoms with Gasteiger partial charge in [0.05, 0.1) is 0 Å². The molecule has 0 bridgehead atoms. The third-order valence-corrected chi connectivity index (χ3v) is 3.83. The monoisotopic (exact) mass is 216 g/mol. The molecule has 0 spiro atoms. The van der Waals surface area contributed by atoms with Crippen LogP contribution in [0.3, 0.4) is 0 Å². The van der Waals surface area contributed by atoms with Crippen LogP contribution in [0.2, 0.25) is 0 Å². The van der Waals surface area contributed by atoms with E-state index in [2.05, 4.69) is 36.1 Å². The van der Waals surface area contributed by atoms with Gasteiger partial charge in [0.15, 0.2) is 0 Å². The van der Waals surface area contributed by atoms with Crippen LogP contribution < -0.4 is 10.6 Å². The van der Waals surface area contributed by atoms with Crippen LogP contribution in [0.25, 0.3) is 0 Å². The Morgan fingerprint density at radius 3 is 2.88 bits per heavy atom. The summed E-state index contributed by atoms with van der Waals surface area (Å²) in [5.74, 6) is 0.747. The van der Waals surface area contributed by atoms with E-state index in [0.29, 0.717) is 0 Å². The largest absolute Gasteiger partial charge is 0.369 e. The van der Waals surface area contributed by atoms with E-state index in [0.717, 1.165) is 19.0 Å². The summed E-state index contributed by atoms with van der Waals surface area (Å²) in [6.07, 6.45) is 3.60. The van der Waals surface area contributed by atoms with Gasteiger partial charge in [-0.3, -0.25) is 0 Å². The Morgan fingerprint density at radius 1 is 1.38 bits per heavy atom. The van der Waals surface area contributed by atoms with Crippen LogP contribution in [0.15, 0.2) is 24.3 Å². The zero-order valence-corrected chi connectivity index (χ0v) is 9.95. The van der Waals surface area contributed by atoms with E-state index in [-0.39, 0.29) is 5.54 Å². The van der Waals surface area contributed by atoms with E-state index in [1.54, 1.807) is 0 Å². The number of nitrogens with zero attached hydrogens (tertiary/aromatic N) is 1. The molecular formula is C14H20N2. The molecule has 0 amide bonds. The molecule has 86 valence electrons. The normalized spacial score (nSPS) is 26.4. The summed E-state index contributed by atoms with van der Waals surface area (Å²) in [4.78, 5) is 2.50. The van der Waals surface area contributed by atoms with Gasteiger partial charge in [0.2, 0.25) is 0 Å². The maximum Gasteiger partial charge on any atom is 0.0399 e. The molecule has 0 radical (unpaired) electrons. The Kier molecular flexibility index (Phi) is 2.21. The highest BCUT2D eigenvalue weighted by Gasteiger charge is 2.40. The minimum absolute atomic E-state index is 0.115. The van der Waals surface area contributed by atoms with Crippen LogP contribution in [0.4, 0.5) is 5.69 Å². The molecule has 1 unspecified atom stereocenters. The van der Waals surface area contributed by atoms with Gasteiger partial charge in [-0.2, -0.15) is 0 Å². The number of benzene rings is 1. The zero-order chi connectivity index (χ0) is 11.2. The number of rotatable bonds is 2. The fourth-order valence-corrected chi connectivity index (χ4v) is 2.75. The lowest BCUT2D eigenvalue weighted by Crippen LogP contribution is -2.44. The van der Waals surface area contributed by atoms with Crippen LogP contribution >= 0.6 is 0 Å². The molecule has 1 aliphatic carbocycles. The Morgan fingerprint density at radius 2 is 2.12 bits per heavy atom. The molecule has 1 heterocycles. The smallest absolute Gasteiger partial charge is 0.0399 e. The number of hydrogen-bond acceptors (Lipinski definition) is 2. The molecule has 2 aliphatic rings. The standard InChI is InChI=1S/C14H20N2/c1-11-8-12-4-2-3-5-13(12)16(9-11)10-14(15)6-7-14/h2-5,11H,6-10,15H2,1H3. The average molecular weight is 216 g/mol. The van der Waals surface area contributed by atoms with Gasteiger partial charge in [0, 0.05) is 24.3 Å². The molecule has 0 aromatic heterocycles. The second-order valence-corrected chi connectivity index (χ2v) is 5.68. The highest BCUT2D eigenvalue weighted by Crippen LogP contribution is 2.37. The van der Waals surface area contributed by atoms with Crippen LogP contribution in [-0.2, 0) is 6.42 Å². The lowest BCUT2D eigenvalue weighted by Gasteiger charge is -2.36. The predicted octanol–water partition coefficient (Wildman–Crippen LogP) is 2.18. The first kappa shape index (κ1) is 10.2. The fourth-order valence-electron chi connectivity index (χ4n) is 2.75. The van der Waals surface area contributed by atoms with E-state index in [9.17, 15) is 0 Å². The summed E-state index contributed by atoms with van der Waals surface area (Å²) < 4.78 is 0. The van der Waals surface area contributed by atoms with E-state index < -0.39 is 0 Å². The first-order valence-corrected chi connectivity index (χ1v) is 6.28. The molecule has 1 aromatic rings. The van der Waals surface area contributed by atoms with Gasteiger partial charge in [-0.1, -0.05) is 25.1 Å². The Hall–Kier alpha value is -1.02. The predicted molar refractivity (Wildman–Crippen MR) is 67.7 cm³/mol. The maximum atomic E-state index is 6.24. The Labute approximate surface area is 97.4 Å². The van der Waals surface area contributed by atoms with E-state index in [4.69, 9.17) is 5.73 Å². The molecule has 16 heavy (non-hydrogen) atoms. The minimum atomic E-state index is 0.115. The average Bonchev–Trinajstić information content (AvgIpc) is 2.96. The highest BCUT2D eigenvalue weighted by molar-refractivity contribution is 5.56. The highest BCUT2D eigenvalue weighted by atomic mass is 15.2. The molecule has 1 aliphatic heterocycles. The lowest BCUT2D eigenvalue weighted by atomic mass is 9.93. The van der Waals surface area contributed by atoms with Crippen LogP contribution in [0.5, 0.6) is 0 Å². The van der Waals surface area contributed by atoms with Gasteiger partial charge in [0.25, 0.3) is 0 Å². The summed E-state index contributed by atoms with van der Waals surface area (Å²) in [5, 5.41) is 0. The second kappa shape index (κ2) is 3.49. The maximum absolute atomic E-state index is 6.24. The molecular weight excluding hydrogens is 196 g/mol. The Bertz CT molecular complexity index is 395. The minimum Gasteiger partial charge on any atom is -0.369 e. The van der Waals surface area contributed by atoms with Crippen LogP contribution in [-0.4, -0.2) is 18.6 Å². The zero-order valence-electron chi connectivity index (χ0n) is 9.95. The molecule has 1 saturated carbocycles. The van der Waals surface area contributed by atoms with Crippen molar-refractivity contribution in [1.29, 1.82) is 0 Å². The van der Waals surface area contributed by atoms with Gasteiger partial charge in [0.1, 0.15) is 0 Å². The number of anilines is 1. The van der Waals surface area contributed by atoms with Crippen molar-refractivity contribution in [2.75, 3.05) is 18.0 Å². The SMILES string of the molecule is CC1Cc2ccccc2N(CC2(N)CC2)C1. The van der Waals surface area contributed by atoms with Crippen molar-refractivity contribution in [1.82, 2.24) is 0 Å². The summed E-state index contributed by atoms with van der Waals surface area (Å²) in [7, 11) is 0. The van der Waals surface area contributed by atoms with E-state index >= 15 is 0 Å². The quantitative estimate of drug-likeness (QED) is 0.821. The van der Waals surface area contributed by atoms with Gasteiger partial charge in [-0.25, -0.2) is 0 Å². The van der Waals surface area contributed by atoms with Crippen LogP contribution in [0, 0.1) is 5.92 Å². The number of hydrogen-bond donors (Lipinski definition) is 1. The summed E-state index contributed by atoms with van der Waals surface area (Å²) in [5.41, 5.74) is 9.26. The summed E-state index contributed by atoms with van der Waals surface area (Å²) in [6, 6.07) is 8.78. The van der Waals surface area contributed by atoms with E-state index in [1.165, 1.54) is 30.5 Å². The summed E-state index contributed by atoms with van der Waals surface area (Å²) >= 11 is 0. The van der Waals surface area contributed by atoms with Crippen molar-refractivity contribution in [3.63, 3.8) is 0 Å². The topological polar surface area (TPSA) is 29.3 Å². The fraction of sp³-hybridized carbons (Fsp3) is 0.571. The number of para-hydroxylation sites is 1. The van der Waals surface area contributed by atoms with Gasteiger partial charge >= 0.3 is 0 Å². The van der Waals surface area contributed by atoms with Crippen molar-refractivity contribution in [2.45, 2.75) is 31.7 Å². The first-order chi connectivity index (χ1) is 7.66. The number of fused-ring (bicyclic) bond motifs is 1. The second-order valence-electron chi connectivity index (χ2n) is 5.68. The van der Waals surface area contributed by atoms with Gasteiger partial charge < -0.3 is 10.6 Å². The molecule has 1 fully saturated rings. The van der Waals surface area contributed by atoms with Crippen molar-refractivity contribution in [3.05, 3.63) is 29.8 Å². The molecule has 3 rings (SSSR count). The van der Waals surface area contributed by atoms with Crippen molar-refractivity contribution >= 4 is 5.69 Å².